The van der Waals surface area contributed by atoms with Crippen molar-refractivity contribution in [3.63, 3.8) is 0 Å². The maximum absolute atomic E-state index is 14.8. The fraction of sp³-hybridized carbons (Fsp3) is 0.256. The van der Waals surface area contributed by atoms with Crippen LogP contribution in [0.2, 0.25) is 0 Å². The van der Waals surface area contributed by atoms with Crippen molar-refractivity contribution in [1.82, 2.24) is 9.80 Å². The molecule has 7 heteroatoms. The molecule has 0 saturated heterocycles. The first-order chi connectivity index (χ1) is 24.5. The molecule has 1 aliphatic heterocycles. The van der Waals surface area contributed by atoms with Crippen LogP contribution in [0.5, 0.6) is 5.75 Å². The molecular formula is C43H45N3O4. The standard InChI is InChI=1S/C43H45N3O4/c1-44-24-13-25-46(42(47)32-49-2)40-20-11-9-18-36(40)30-45(27-26-44)43(48)39-23-22-35(29-37(39)28-33-14-5-3-6-15-33)38-19-10-12-21-41(38)50-31-34-16-7-4-8-17-34/h3-12,14-23,29H,13,24-28,30-32H2,1-2H3. The van der Waals surface area contributed by atoms with E-state index in [1.54, 1.807) is 7.11 Å². The first-order valence-electron chi connectivity index (χ1n) is 17.3. The molecule has 0 aromatic heterocycles. The monoisotopic (exact) mass is 667 g/mol. The van der Waals surface area contributed by atoms with Crippen LogP contribution < -0.4 is 9.64 Å². The second kappa shape index (κ2) is 16.9. The minimum atomic E-state index is -0.0894. The molecule has 0 saturated carbocycles. The number of benzene rings is 5. The first kappa shape index (κ1) is 34.6. The summed E-state index contributed by atoms with van der Waals surface area (Å²) in [7, 11) is 3.61. The number of hydrogen-bond acceptors (Lipinski definition) is 5. The van der Waals surface area contributed by atoms with Crippen LogP contribution in [0.25, 0.3) is 11.1 Å². The van der Waals surface area contributed by atoms with E-state index in [0.29, 0.717) is 38.2 Å². The van der Waals surface area contributed by atoms with Crippen LogP contribution in [-0.2, 0) is 29.1 Å². The number of carbonyl (C=O) groups excluding carboxylic acids is 2. The van der Waals surface area contributed by atoms with Gasteiger partial charge in [-0.3, -0.25) is 9.59 Å². The Kier molecular flexibility index (Phi) is 11.7. The molecule has 2 amide bonds. The lowest BCUT2D eigenvalue weighted by Gasteiger charge is -2.28. The van der Waals surface area contributed by atoms with E-state index >= 15 is 0 Å². The van der Waals surface area contributed by atoms with Crippen molar-refractivity contribution in [2.45, 2.75) is 26.0 Å². The predicted molar refractivity (Wildman–Crippen MR) is 199 cm³/mol. The molecule has 256 valence electrons. The summed E-state index contributed by atoms with van der Waals surface area (Å²) < 4.78 is 11.6. The van der Waals surface area contributed by atoms with Crippen molar-refractivity contribution in [3.05, 3.63) is 155 Å². The van der Waals surface area contributed by atoms with E-state index in [2.05, 4.69) is 48.3 Å². The van der Waals surface area contributed by atoms with Crippen LogP contribution in [-0.4, -0.2) is 68.6 Å². The Morgan fingerprint density at radius 1 is 0.720 bits per heavy atom. The number of carbonyl (C=O) groups is 2. The number of likely N-dealkylation sites (N-methyl/N-ethyl adjacent to an activating group) is 1. The second-order valence-corrected chi connectivity index (χ2v) is 12.8. The molecule has 0 radical (unpaired) electrons. The highest BCUT2D eigenvalue weighted by Crippen LogP contribution is 2.33. The third-order valence-corrected chi connectivity index (χ3v) is 9.18. The van der Waals surface area contributed by atoms with Gasteiger partial charge in [-0.2, -0.15) is 0 Å². The number of fused-ring (bicyclic) bond motifs is 1. The van der Waals surface area contributed by atoms with Crippen LogP contribution in [0.15, 0.2) is 127 Å². The van der Waals surface area contributed by atoms with E-state index in [1.807, 2.05) is 101 Å². The van der Waals surface area contributed by atoms with Gasteiger partial charge in [-0.05, 0) is 78.5 Å². The zero-order chi connectivity index (χ0) is 34.7. The fourth-order valence-corrected chi connectivity index (χ4v) is 6.52. The Labute approximate surface area is 295 Å². The topological polar surface area (TPSA) is 62.3 Å². The maximum atomic E-state index is 14.8. The Bertz CT molecular complexity index is 1880. The summed E-state index contributed by atoms with van der Waals surface area (Å²) in [6.07, 6.45) is 1.42. The molecule has 0 bridgehead atoms. The quantitative estimate of drug-likeness (QED) is 0.163. The first-order valence-corrected chi connectivity index (χ1v) is 17.3. The van der Waals surface area contributed by atoms with Gasteiger partial charge in [-0.1, -0.05) is 103 Å². The molecule has 0 N–H and O–H groups in total. The minimum Gasteiger partial charge on any atom is -0.488 e. The Balaban J connectivity index is 1.36. The summed E-state index contributed by atoms with van der Waals surface area (Å²) in [4.78, 5) is 34.0. The maximum Gasteiger partial charge on any atom is 0.254 e. The molecule has 0 atom stereocenters. The summed E-state index contributed by atoms with van der Waals surface area (Å²) in [6, 6.07) is 42.5. The number of methoxy groups -OCH3 is 1. The summed E-state index contributed by atoms with van der Waals surface area (Å²) in [5.74, 6) is 0.669. The molecule has 5 aromatic carbocycles. The van der Waals surface area contributed by atoms with E-state index in [-0.39, 0.29) is 18.4 Å². The van der Waals surface area contributed by atoms with Gasteiger partial charge >= 0.3 is 0 Å². The van der Waals surface area contributed by atoms with E-state index in [1.165, 1.54) is 0 Å². The van der Waals surface area contributed by atoms with E-state index in [9.17, 15) is 9.59 Å². The van der Waals surface area contributed by atoms with Crippen molar-refractivity contribution in [3.8, 4) is 16.9 Å². The molecule has 1 aliphatic rings. The molecule has 1 heterocycles. The van der Waals surface area contributed by atoms with Crippen molar-refractivity contribution in [2.75, 3.05) is 51.8 Å². The third-order valence-electron chi connectivity index (χ3n) is 9.18. The summed E-state index contributed by atoms with van der Waals surface area (Å²) in [5, 5.41) is 0. The van der Waals surface area contributed by atoms with Crippen LogP contribution in [0, 0.1) is 0 Å². The SMILES string of the molecule is COCC(=O)N1CCCN(C)CCN(C(=O)c2ccc(-c3ccccc3OCc3ccccc3)cc2Cc2ccccc2)Cc2ccccc21. The van der Waals surface area contributed by atoms with Crippen LogP contribution >= 0.6 is 0 Å². The van der Waals surface area contributed by atoms with Crippen LogP contribution in [0.3, 0.4) is 0 Å². The van der Waals surface area contributed by atoms with Crippen molar-refractivity contribution >= 4 is 17.5 Å². The van der Waals surface area contributed by atoms with Gasteiger partial charge in [0.05, 0.1) is 0 Å². The highest BCUT2D eigenvalue weighted by Gasteiger charge is 2.25. The van der Waals surface area contributed by atoms with Gasteiger partial charge < -0.3 is 24.2 Å². The van der Waals surface area contributed by atoms with E-state index in [4.69, 9.17) is 9.47 Å². The fourth-order valence-electron chi connectivity index (χ4n) is 6.52. The summed E-state index contributed by atoms with van der Waals surface area (Å²) in [5.41, 5.74) is 7.56. The average molecular weight is 668 g/mol. The van der Waals surface area contributed by atoms with Crippen molar-refractivity contribution < 1.29 is 19.1 Å². The number of rotatable bonds is 9. The zero-order valence-corrected chi connectivity index (χ0v) is 29.0. The van der Waals surface area contributed by atoms with Gasteiger partial charge in [0.15, 0.2) is 0 Å². The molecule has 0 aliphatic carbocycles. The Morgan fingerprint density at radius 3 is 2.20 bits per heavy atom. The van der Waals surface area contributed by atoms with Crippen molar-refractivity contribution in [2.24, 2.45) is 0 Å². The third kappa shape index (κ3) is 8.67. The molecule has 6 rings (SSSR count). The van der Waals surface area contributed by atoms with E-state index < -0.39 is 0 Å². The van der Waals surface area contributed by atoms with E-state index in [0.717, 1.165) is 64.3 Å². The largest absolute Gasteiger partial charge is 0.488 e. The highest BCUT2D eigenvalue weighted by molar-refractivity contribution is 5.97. The molecule has 5 aromatic rings. The van der Waals surface area contributed by atoms with Gasteiger partial charge in [-0.25, -0.2) is 0 Å². The zero-order valence-electron chi connectivity index (χ0n) is 29.0. The highest BCUT2D eigenvalue weighted by atomic mass is 16.5. The lowest BCUT2D eigenvalue weighted by atomic mass is 9.93. The van der Waals surface area contributed by atoms with Gasteiger partial charge in [-0.15, -0.1) is 0 Å². The van der Waals surface area contributed by atoms with Crippen LogP contribution in [0.1, 0.15) is 39.0 Å². The van der Waals surface area contributed by atoms with Crippen LogP contribution in [0.4, 0.5) is 5.69 Å². The Morgan fingerprint density at radius 2 is 1.42 bits per heavy atom. The smallest absolute Gasteiger partial charge is 0.254 e. The number of nitrogens with zero attached hydrogens (tertiary/aromatic N) is 3. The minimum absolute atomic E-state index is 0.00242. The number of para-hydroxylation sites is 2. The number of hydrogen-bond donors (Lipinski definition) is 0. The van der Waals surface area contributed by atoms with Gasteiger partial charge in [0.1, 0.15) is 19.0 Å². The van der Waals surface area contributed by atoms with Crippen molar-refractivity contribution in [1.29, 1.82) is 0 Å². The molecule has 0 fully saturated rings. The van der Waals surface area contributed by atoms with Gasteiger partial charge in [0.25, 0.3) is 11.8 Å². The summed E-state index contributed by atoms with van der Waals surface area (Å²) in [6.45, 7) is 3.50. The average Bonchev–Trinajstić information content (AvgIpc) is 3.18. The van der Waals surface area contributed by atoms with Gasteiger partial charge in [0.2, 0.25) is 0 Å². The number of ether oxygens (including phenoxy) is 2. The number of anilines is 1. The molecule has 50 heavy (non-hydrogen) atoms. The molecule has 7 nitrogen and oxygen atoms in total. The molecule has 0 unspecified atom stereocenters. The number of amides is 2. The predicted octanol–water partition coefficient (Wildman–Crippen LogP) is 7.48. The molecular weight excluding hydrogens is 622 g/mol. The Hall–Kier alpha value is -5.24. The summed E-state index contributed by atoms with van der Waals surface area (Å²) >= 11 is 0. The van der Waals surface area contributed by atoms with Gasteiger partial charge in [0, 0.05) is 50.1 Å². The lowest BCUT2D eigenvalue weighted by Crippen LogP contribution is -2.37. The molecule has 0 spiro atoms. The lowest BCUT2D eigenvalue weighted by molar-refractivity contribution is -0.122. The normalized spacial score (nSPS) is 14.0. The second-order valence-electron chi connectivity index (χ2n) is 12.8.